The number of nitrogens with zero attached hydrogens (tertiary/aromatic N) is 1. The zero-order valence-electron chi connectivity index (χ0n) is 8.43. The van der Waals surface area contributed by atoms with E-state index in [-0.39, 0.29) is 11.9 Å². The van der Waals surface area contributed by atoms with E-state index < -0.39 is 0 Å². The van der Waals surface area contributed by atoms with Gasteiger partial charge in [0.1, 0.15) is 0 Å². The van der Waals surface area contributed by atoms with Gasteiger partial charge in [0.05, 0.1) is 0 Å². The van der Waals surface area contributed by atoms with Crippen molar-refractivity contribution in [3.63, 3.8) is 0 Å². The highest BCUT2D eigenvalue weighted by atomic mass is 32.1. The van der Waals surface area contributed by atoms with Gasteiger partial charge in [-0.05, 0) is 31.3 Å². The number of rotatable bonds is 1. The lowest BCUT2D eigenvalue weighted by Crippen LogP contribution is -2.54. The van der Waals surface area contributed by atoms with Gasteiger partial charge in [0, 0.05) is 18.2 Å². The molecule has 4 heteroatoms. The fourth-order valence-corrected chi connectivity index (χ4v) is 2.15. The molecule has 2 rings (SSSR count). The van der Waals surface area contributed by atoms with Crippen LogP contribution in [-0.2, 0) is 4.79 Å². The minimum absolute atomic E-state index is 0.000295. The number of benzene rings is 1. The van der Waals surface area contributed by atoms with E-state index in [0.717, 1.165) is 5.69 Å². The fourth-order valence-electron chi connectivity index (χ4n) is 1.75. The molecule has 1 atom stereocenters. The van der Waals surface area contributed by atoms with Crippen LogP contribution in [0.5, 0.6) is 0 Å². The zero-order chi connectivity index (χ0) is 10.8. The third-order valence-electron chi connectivity index (χ3n) is 2.42. The van der Waals surface area contributed by atoms with Gasteiger partial charge in [0.25, 0.3) is 0 Å². The summed E-state index contributed by atoms with van der Waals surface area (Å²) < 4.78 is 0. The topological polar surface area (TPSA) is 32.3 Å². The van der Waals surface area contributed by atoms with E-state index in [4.69, 9.17) is 12.2 Å². The average Bonchev–Trinajstić information content (AvgIpc) is 2.17. The van der Waals surface area contributed by atoms with E-state index in [9.17, 15) is 4.79 Å². The highest BCUT2D eigenvalue weighted by Gasteiger charge is 2.27. The van der Waals surface area contributed by atoms with Crippen molar-refractivity contribution in [1.29, 1.82) is 0 Å². The van der Waals surface area contributed by atoms with Crippen molar-refractivity contribution in [2.45, 2.75) is 19.4 Å². The van der Waals surface area contributed by atoms with E-state index in [1.807, 2.05) is 42.2 Å². The predicted octanol–water partition coefficient (Wildman–Crippen LogP) is 1.69. The summed E-state index contributed by atoms with van der Waals surface area (Å²) in [5.41, 5.74) is 1.02. The fraction of sp³-hybridized carbons (Fsp3) is 0.273. The number of carbonyl (C=O) groups excluding carboxylic acids is 1. The number of thiocarbonyl (C=S) groups is 1. The quantitative estimate of drug-likeness (QED) is 0.731. The standard InChI is InChI=1S/C11H12N2OS/c1-8-7-10(14)12-11(15)13(8)9-5-3-2-4-6-9/h2-6,8H,7H2,1H3,(H,12,14,15)/t8-/m0/s1. The van der Waals surface area contributed by atoms with E-state index in [2.05, 4.69) is 5.32 Å². The lowest BCUT2D eigenvalue weighted by molar-refractivity contribution is -0.120. The van der Waals surface area contributed by atoms with Gasteiger partial charge in [0.2, 0.25) is 5.91 Å². The molecule has 0 aromatic heterocycles. The van der Waals surface area contributed by atoms with E-state index in [0.29, 0.717) is 11.5 Å². The molecule has 0 radical (unpaired) electrons. The second kappa shape index (κ2) is 3.98. The first-order valence-corrected chi connectivity index (χ1v) is 5.27. The molecule has 1 aromatic rings. The van der Waals surface area contributed by atoms with Crippen LogP contribution in [0.15, 0.2) is 30.3 Å². The summed E-state index contributed by atoms with van der Waals surface area (Å²) in [6, 6.07) is 9.97. The van der Waals surface area contributed by atoms with Crippen molar-refractivity contribution >= 4 is 28.9 Å². The van der Waals surface area contributed by atoms with E-state index in [1.165, 1.54) is 0 Å². The summed E-state index contributed by atoms with van der Waals surface area (Å²) in [6.45, 7) is 2.00. The molecule has 15 heavy (non-hydrogen) atoms. The smallest absolute Gasteiger partial charge is 0.228 e. The molecule has 0 aliphatic carbocycles. The van der Waals surface area contributed by atoms with Crippen molar-refractivity contribution in [2.24, 2.45) is 0 Å². The Kier molecular flexibility index (Phi) is 2.68. The molecule has 1 saturated heterocycles. The van der Waals surface area contributed by atoms with Crippen molar-refractivity contribution in [2.75, 3.05) is 4.90 Å². The van der Waals surface area contributed by atoms with Gasteiger partial charge in [-0.1, -0.05) is 18.2 Å². The Morgan fingerprint density at radius 1 is 1.40 bits per heavy atom. The number of hydrogen-bond acceptors (Lipinski definition) is 2. The molecule has 1 aromatic carbocycles. The normalized spacial score (nSPS) is 21.4. The molecule has 1 aliphatic heterocycles. The van der Waals surface area contributed by atoms with Gasteiger partial charge in [-0.25, -0.2) is 0 Å². The van der Waals surface area contributed by atoms with Crippen LogP contribution in [0.3, 0.4) is 0 Å². The lowest BCUT2D eigenvalue weighted by Gasteiger charge is -2.35. The highest BCUT2D eigenvalue weighted by Crippen LogP contribution is 2.20. The van der Waals surface area contributed by atoms with Crippen LogP contribution < -0.4 is 10.2 Å². The van der Waals surface area contributed by atoms with Crippen LogP contribution in [0.25, 0.3) is 0 Å². The van der Waals surface area contributed by atoms with E-state index in [1.54, 1.807) is 0 Å². The minimum atomic E-state index is -0.000295. The molecule has 0 bridgehead atoms. The average molecular weight is 220 g/mol. The van der Waals surface area contributed by atoms with Gasteiger partial charge in [-0.2, -0.15) is 0 Å². The Morgan fingerprint density at radius 3 is 2.67 bits per heavy atom. The largest absolute Gasteiger partial charge is 0.315 e. The zero-order valence-corrected chi connectivity index (χ0v) is 9.25. The first-order chi connectivity index (χ1) is 7.18. The maximum Gasteiger partial charge on any atom is 0.228 e. The minimum Gasteiger partial charge on any atom is -0.315 e. The van der Waals surface area contributed by atoms with Gasteiger partial charge in [0.15, 0.2) is 5.11 Å². The van der Waals surface area contributed by atoms with Crippen LogP contribution in [0.4, 0.5) is 5.69 Å². The number of nitrogens with one attached hydrogen (secondary N) is 1. The second-order valence-corrected chi connectivity index (χ2v) is 4.00. The maximum atomic E-state index is 11.2. The van der Waals surface area contributed by atoms with Gasteiger partial charge in [-0.15, -0.1) is 0 Å². The number of anilines is 1. The second-order valence-electron chi connectivity index (χ2n) is 3.61. The molecule has 3 nitrogen and oxygen atoms in total. The van der Waals surface area contributed by atoms with Crippen LogP contribution in [0.2, 0.25) is 0 Å². The number of para-hydroxylation sites is 1. The number of carbonyl (C=O) groups is 1. The van der Waals surface area contributed by atoms with Gasteiger partial charge < -0.3 is 10.2 Å². The Morgan fingerprint density at radius 2 is 2.07 bits per heavy atom. The van der Waals surface area contributed by atoms with Crippen LogP contribution >= 0.6 is 12.2 Å². The monoisotopic (exact) mass is 220 g/mol. The molecular formula is C11H12N2OS. The van der Waals surface area contributed by atoms with Crippen LogP contribution in [0.1, 0.15) is 13.3 Å². The molecule has 1 heterocycles. The Labute approximate surface area is 94.1 Å². The molecular weight excluding hydrogens is 208 g/mol. The van der Waals surface area contributed by atoms with Gasteiger partial charge in [-0.3, -0.25) is 4.79 Å². The summed E-state index contributed by atoms with van der Waals surface area (Å²) in [5.74, 6) is -0.000295. The summed E-state index contributed by atoms with van der Waals surface area (Å²) in [5, 5.41) is 3.17. The molecule has 78 valence electrons. The molecule has 0 saturated carbocycles. The van der Waals surface area contributed by atoms with Crippen molar-refractivity contribution in [1.82, 2.24) is 5.32 Å². The highest BCUT2D eigenvalue weighted by molar-refractivity contribution is 7.80. The summed E-state index contributed by atoms with van der Waals surface area (Å²) >= 11 is 5.16. The Bertz CT molecular complexity index is 391. The van der Waals surface area contributed by atoms with E-state index >= 15 is 0 Å². The summed E-state index contributed by atoms with van der Waals surface area (Å²) in [6.07, 6.45) is 0.481. The molecule has 1 N–H and O–H groups in total. The van der Waals surface area contributed by atoms with Crippen LogP contribution in [0, 0.1) is 0 Å². The molecule has 0 unspecified atom stereocenters. The third-order valence-corrected chi connectivity index (χ3v) is 2.72. The number of amides is 1. The SMILES string of the molecule is C[C@H]1CC(=O)NC(=S)N1c1ccccc1. The van der Waals surface area contributed by atoms with Crippen molar-refractivity contribution in [3.05, 3.63) is 30.3 Å². The molecule has 0 spiro atoms. The van der Waals surface area contributed by atoms with Gasteiger partial charge >= 0.3 is 0 Å². The van der Waals surface area contributed by atoms with Crippen molar-refractivity contribution in [3.8, 4) is 0 Å². The first-order valence-electron chi connectivity index (χ1n) is 4.86. The Balaban J connectivity index is 2.29. The summed E-state index contributed by atoms with van der Waals surface area (Å²) in [7, 11) is 0. The van der Waals surface area contributed by atoms with Crippen molar-refractivity contribution < 1.29 is 4.79 Å². The number of hydrogen-bond donors (Lipinski definition) is 1. The molecule has 1 aliphatic rings. The maximum absolute atomic E-state index is 11.2. The Hall–Kier alpha value is -1.42. The predicted molar refractivity (Wildman–Crippen MR) is 63.7 cm³/mol. The third kappa shape index (κ3) is 1.99. The molecule has 1 amide bonds. The summed E-state index contributed by atoms with van der Waals surface area (Å²) in [4.78, 5) is 13.2. The molecule has 1 fully saturated rings. The van der Waals surface area contributed by atoms with Crippen LogP contribution in [-0.4, -0.2) is 17.1 Å². The first kappa shape index (κ1) is 10.1. The lowest BCUT2D eigenvalue weighted by atomic mass is 10.1.